The SMILES string of the molecule is CN(C)C(=O)c1cn(C2CN(S(=O)(=O)c3cccs3)C2)nn1. The lowest BCUT2D eigenvalue weighted by Crippen LogP contribution is -2.50. The van der Waals surface area contributed by atoms with Crippen LogP contribution in [-0.2, 0) is 10.0 Å². The first-order chi connectivity index (χ1) is 10.4. The number of nitrogens with zero attached hydrogens (tertiary/aromatic N) is 5. The summed E-state index contributed by atoms with van der Waals surface area (Å²) in [7, 11) is -0.130. The second kappa shape index (κ2) is 5.45. The standard InChI is InChI=1S/C12H15N5O3S2/c1-15(2)12(18)10-8-17(14-13-10)9-6-16(7-9)22(19,20)11-4-3-5-21-11/h3-5,8-9H,6-7H2,1-2H3. The van der Waals surface area contributed by atoms with Crippen LogP contribution < -0.4 is 0 Å². The van der Waals surface area contributed by atoms with Crippen LogP contribution in [0.3, 0.4) is 0 Å². The fourth-order valence-corrected chi connectivity index (χ4v) is 4.76. The molecule has 0 N–H and O–H groups in total. The van der Waals surface area contributed by atoms with Gasteiger partial charge in [0.15, 0.2) is 5.69 Å². The Bertz CT molecular complexity index is 776. The smallest absolute Gasteiger partial charge is 0.275 e. The number of hydrogen-bond acceptors (Lipinski definition) is 6. The second-order valence-corrected chi connectivity index (χ2v) is 8.30. The van der Waals surface area contributed by atoms with E-state index in [0.29, 0.717) is 17.3 Å². The van der Waals surface area contributed by atoms with Crippen LogP contribution in [0.15, 0.2) is 27.9 Å². The summed E-state index contributed by atoms with van der Waals surface area (Å²) in [5, 5.41) is 9.49. The lowest BCUT2D eigenvalue weighted by molar-refractivity contribution is 0.0821. The molecule has 0 bridgehead atoms. The fraction of sp³-hybridized carbons (Fsp3) is 0.417. The highest BCUT2D eigenvalue weighted by Gasteiger charge is 2.39. The average Bonchev–Trinajstić information content (AvgIpc) is 3.07. The monoisotopic (exact) mass is 341 g/mol. The summed E-state index contributed by atoms with van der Waals surface area (Å²) in [4.78, 5) is 13.2. The molecule has 2 aromatic heterocycles. The molecule has 0 unspecified atom stereocenters. The molecule has 3 heterocycles. The Labute approximate surface area is 132 Å². The molecule has 0 atom stereocenters. The quantitative estimate of drug-likeness (QED) is 0.797. The predicted octanol–water partition coefficient (Wildman–Crippen LogP) is 0.287. The highest BCUT2D eigenvalue weighted by Crippen LogP contribution is 2.29. The lowest BCUT2D eigenvalue weighted by atomic mass is 10.2. The molecule has 0 aromatic carbocycles. The van der Waals surface area contributed by atoms with E-state index in [2.05, 4.69) is 10.3 Å². The first-order valence-corrected chi connectivity index (χ1v) is 8.88. The van der Waals surface area contributed by atoms with Crippen LogP contribution in [0.1, 0.15) is 16.5 Å². The molecule has 1 saturated heterocycles. The van der Waals surface area contributed by atoms with Gasteiger partial charge >= 0.3 is 0 Å². The van der Waals surface area contributed by atoms with E-state index < -0.39 is 10.0 Å². The summed E-state index contributed by atoms with van der Waals surface area (Å²) in [6.07, 6.45) is 1.56. The van der Waals surface area contributed by atoms with Gasteiger partial charge in [0.25, 0.3) is 15.9 Å². The van der Waals surface area contributed by atoms with E-state index in [1.165, 1.54) is 20.5 Å². The molecule has 118 valence electrons. The summed E-state index contributed by atoms with van der Waals surface area (Å²) < 4.78 is 27.9. The molecule has 0 aliphatic carbocycles. The van der Waals surface area contributed by atoms with Gasteiger partial charge in [0.1, 0.15) is 4.21 Å². The zero-order valence-electron chi connectivity index (χ0n) is 12.1. The molecular formula is C12H15N5O3S2. The zero-order chi connectivity index (χ0) is 15.9. The Morgan fingerprint density at radius 3 is 2.73 bits per heavy atom. The maximum atomic E-state index is 12.3. The molecule has 0 radical (unpaired) electrons. The van der Waals surface area contributed by atoms with E-state index in [-0.39, 0.29) is 17.6 Å². The number of carbonyl (C=O) groups is 1. The van der Waals surface area contributed by atoms with Gasteiger partial charge in [-0.05, 0) is 11.4 Å². The number of thiophene rings is 1. The first kappa shape index (κ1) is 15.1. The van der Waals surface area contributed by atoms with Crippen LogP contribution in [0, 0.1) is 0 Å². The van der Waals surface area contributed by atoms with E-state index in [4.69, 9.17) is 0 Å². The highest BCUT2D eigenvalue weighted by atomic mass is 32.2. The minimum absolute atomic E-state index is 0.0917. The summed E-state index contributed by atoms with van der Waals surface area (Å²) >= 11 is 1.20. The van der Waals surface area contributed by atoms with Gasteiger partial charge in [0.05, 0.1) is 12.2 Å². The Kier molecular flexibility index (Phi) is 3.75. The molecule has 1 amide bonds. The fourth-order valence-electron chi connectivity index (χ4n) is 2.10. The predicted molar refractivity (Wildman–Crippen MR) is 80.2 cm³/mol. The third-order valence-corrected chi connectivity index (χ3v) is 6.63. The van der Waals surface area contributed by atoms with Gasteiger partial charge in [-0.25, -0.2) is 13.1 Å². The van der Waals surface area contributed by atoms with Gasteiger partial charge in [-0.2, -0.15) is 4.31 Å². The number of amides is 1. The average molecular weight is 341 g/mol. The Hall–Kier alpha value is -1.78. The van der Waals surface area contributed by atoms with Gasteiger partial charge in [-0.3, -0.25) is 4.79 Å². The third kappa shape index (κ3) is 2.53. The number of sulfonamides is 1. The highest BCUT2D eigenvalue weighted by molar-refractivity contribution is 7.91. The number of aromatic nitrogens is 3. The van der Waals surface area contributed by atoms with Crippen molar-refractivity contribution in [2.24, 2.45) is 0 Å². The van der Waals surface area contributed by atoms with Crippen molar-refractivity contribution in [2.45, 2.75) is 10.3 Å². The molecular weight excluding hydrogens is 326 g/mol. The number of carbonyl (C=O) groups excluding carboxylic acids is 1. The summed E-state index contributed by atoms with van der Waals surface area (Å²) in [6, 6.07) is 3.22. The van der Waals surface area contributed by atoms with Crippen molar-refractivity contribution >= 4 is 27.3 Å². The molecule has 3 rings (SSSR count). The molecule has 0 saturated carbocycles. The topological polar surface area (TPSA) is 88.4 Å². The van der Waals surface area contributed by atoms with Crippen molar-refractivity contribution < 1.29 is 13.2 Å². The van der Waals surface area contributed by atoms with Crippen LogP contribution in [0.4, 0.5) is 0 Å². The Morgan fingerprint density at radius 1 is 1.41 bits per heavy atom. The van der Waals surface area contributed by atoms with Crippen molar-refractivity contribution in [1.29, 1.82) is 0 Å². The molecule has 10 heteroatoms. The van der Waals surface area contributed by atoms with E-state index in [1.807, 2.05) is 0 Å². The summed E-state index contributed by atoms with van der Waals surface area (Å²) in [5.74, 6) is -0.228. The summed E-state index contributed by atoms with van der Waals surface area (Å²) in [6.45, 7) is 0.665. The second-order valence-electron chi connectivity index (χ2n) is 5.19. The normalized spacial score (nSPS) is 16.5. The minimum atomic E-state index is -3.41. The molecule has 1 aliphatic rings. The molecule has 2 aromatic rings. The molecule has 1 aliphatic heterocycles. The van der Waals surface area contributed by atoms with Gasteiger partial charge in [0.2, 0.25) is 0 Å². The minimum Gasteiger partial charge on any atom is -0.343 e. The number of hydrogen-bond donors (Lipinski definition) is 0. The third-order valence-electron chi connectivity index (χ3n) is 3.43. The molecule has 8 nitrogen and oxygen atoms in total. The van der Waals surface area contributed by atoms with Crippen molar-refractivity contribution in [3.63, 3.8) is 0 Å². The zero-order valence-corrected chi connectivity index (χ0v) is 13.7. The van der Waals surface area contributed by atoms with Gasteiger partial charge in [-0.1, -0.05) is 11.3 Å². The van der Waals surface area contributed by atoms with Crippen LogP contribution in [0.25, 0.3) is 0 Å². The maximum absolute atomic E-state index is 12.3. The Balaban J connectivity index is 1.68. The Morgan fingerprint density at radius 2 is 2.14 bits per heavy atom. The van der Waals surface area contributed by atoms with Crippen molar-refractivity contribution in [3.05, 3.63) is 29.4 Å². The van der Waals surface area contributed by atoms with Gasteiger partial charge < -0.3 is 4.90 Å². The van der Waals surface area contributed by atoms with E-state index in [0.717, 1.165) is 0 Å². The first-order valence-electron chi connectivity index (χ1n) is 6.56. The maximum Gasteiger partial charge on any atom is 0.275 e. The van der Waals surface area contributed by atoms with Gasteiger partial charge in [0, 0.05) is 27.2 Å². The van der Waals surface area contributed by atoms with Gasteiger partial charge in [-0.15, -0.1) is 16.4 Å². The molecule has 22 heavy (non-hydrogen) atoms. The number of rotatable bonds is 4. The van der Waals surface area contributed by atoms with E-state index in [9.17, 15) is 13.2 Å². The molecule has 0 spiro atoms. The van der Waals surface area contributed by atoms with E-state index in [1.54, 1.807) is 42.5 Å². The van der Waals surface area contributed by atoms with Crippen LogP contribution >= 0.6 is 11.3 Å². The van der Waals surface area contributed by atoms with E-state index >= 15 is 0 Å². The van der Waals surface area contributed by atoms with Crippen molar-refractivity contribution in [1.82, 2.24) is 24.2 Å². The van der Waals surface area contributed by atoms with Crippen LogP contribution in [0.2, 0.25) is 0 Å². The van der Waals surface area contributed by atoms with Crippen molar-refractivity contribution in [2.75, 3.05) is 27.2 Å². The molecule has 1 fully saturated rings. The van der Waals surface area contributed by atoms with Crippen LogP contribution in [-0.4, -0.2) is 65.7 Å². The van der Waals surface area contributed by atoms with Crippen LogP contribution in [0.5, 0.6) is 0 Å². The lowest BCUT2D eigenvalue weighted by Gasteiger charge is -2.37. The largest absolute Gasteiger partial charge is 0.343 e. The van der Waals surface area contributed by atoms with Crippen molar-refractivity contribution in [3.8, 4) is 0 Å². The summed E-state index contributed by atoms with van der Waals surface area (Å²) in [5.41, 5.74) is 0.254.